The lowest BCUT2D eigenvalue weighted by atomic mass is 10.1. The molecule has 3 rings (SSSR count). The number of Topliss-reactive ketones (excluding diaryl/α,β-unsaturated/α-hetero) is 1. The number of hydrogen-bond donors (Lipinski definition) is 3. The number of thioether (sulfide) groups is 1. The van der Waals surface area contributed by atoms with Gasteiger partial charge in [-0.25, -0.2) is 0 Å². The second-order valence-corrected chi connectivity index (χ2v) is 8.16. The summed E-state index contributed by atoms with van der Waals surface area (Å²) in [6, 6.07) is 14.1. The quantitative estimate of drug-likeness (QED) is 0.406. The van der Waals surface area contributed by atoms with E-state index in [9.17, 15) is 14.4 Å². The summed E-state index contributed by atoms with van der Waals surface area (Å²) < 4.78 is 42.3. The molecule has 1 fully saturated rings. The summed E-state index contributed by atoms with van der Waals surface area (Å²) in [7, 11) is -3.15. The first-order valence-corrected chi connectivity index (χ1v) is 10.9. The first-order valence-electron chi connectivity index (χ1n) is 8.66. The molecule has 2 aromatic carbocycles. The van der Waals surface area contributed by atoms with Crippen molar-refractivity contribution in [1.29, 1.82) is 0 Å². The van der Waals surface area contributed by atoms with Crippen molar-refractivity contribution in [1.82, 2.24) is 5.32 Å². The maximum absolute atomic E-state index is 12.3. The third-order valence-electron chi connectivity index (χ3n) is 3.89. The van der Waals surface area contributed by atoms with Gasteiger partial charge in [0.2, 0.25) is 11.7 Å². The summed E-state index contributed by atoms with van der Waals surface area (Å²) in [5, 5.41) is 1.56. The van der Waals surface area contributed by atoms with Crippen LogP contribution in [0.25, 0.3) is 0 Å². The number of ether oxygens (including phenoxy) is 2. The summed E-state index contributed by atoms with van der Waals surface area (Å²) in [5.74, 6) is 0.627. The highest BCUT2D eigenvalue weighted by molar-refractivity contribution is 8.15. The number of nitrogens with one attached hydrogen (secondary N) is 1. The van der Waals surface area contributed by atoms with Gasteiger partial charge in [0.25, 0.3) is 5.24 Å². The van der Waals surface area contributed by atoms with Gasteiger partial charge in [-0.05, 0) is 36.2 Å². The number of benzene rings is 2. The van der Waals surface area contributed by atoms with Crippen molar-refractivity contribution in [3.63, 3.8) is 0 Å². The molecular formula is C19H19NO9S2. The van der Waals surface area contributed by atoms with Crippen LogP contribution < -0.4 is 14.8 Å². The van der Waals surface area contributed by atoms with Crippen molar-refractivity contribution in [3.05, 3.63) is 59.7 Å². The van der Waals surface area contributed by atoms with Crippen molar-refractivity contribution < 1.29 is 41.4 Å². The number of carbonyl (C=O) groups is 3. The number of hydrogen-bond acceptors (Lipinski definition) is 8. The predicted octanol–water partition coefficient (Wildman–Crippen LogP) is 2.20. The zero-order valence-corrected chi connectivity index (χ0v) is 17.8. The lowest BCUT2D eigenvalue weighted by Crippen LogP contribution is -2.25. The van der Waals surface area contributed by atoms with Crippen molar-refractivity contribution in [2.45, 2.75) is 11.7 Å². The maximum atomic E-state index is 12.3. The van der Waals surface area contributed by atoms with E-state index in [0.717, 1.165) is 17.3 Å². The molecule has 0 aliphatic carbocycles. The molecule has 0 bridgehead atoms. The molecule has 1 aliphatic rings. The molecule has 1 aliphatic heterocycles. The van der Waals surface area contributed by atoms with Gasteiger partial charge in [0.15, 0.2) is 6.61 Å². The fraction of sp³-hybridized carbons (Fsp3) is 0.211. The van der Waals surface area contributed by atoms with Crippen LogP contribution in [0.4, 0.5) is 4.79 Å². The zero-order chi connectivity index (χ0) is 23.0. The molecule has 1 saturated heterocycles. The number of imide groups is 1. The third kappa shape index (κ3) is 8.38. The summed E-state index contributed by atoms with van der Waals surface area (Å²) in [6.45, 7) is -0.102. The van der Waals surface area contributed by atoms with E-state index in [1.807, 2.05) is 12.1 Å². The van der Waals surface area contributed by atoms with Crippen molar-refractivity contribution in [2.24, 2.45) is 0 Å². The SMILES string of the molecule is COc1ccccc1C(=O)COc1ccc(CC2SC(=O)NC2=O)cc1.O=S(=O)(O)O. The van der Waals surface area contributed by atoms with Crippen LogP contribution in [-0.4, -0.2) is 53.4 Å². The van der Waals surface area contributed by atoms with Crippen LogP contribution in [0.15, 0.2) is 48.5 Å². The van der Waals surface area contributed by atoms with Crippen LogP contribution >= 0.6 is 11.8 Å². The Hall–Kier alpha value is -2.93. The maximum Gasteiger partial charge on any atom is 0.394 e. The summed E-state index contributed by atoms with van der Waals surface area (Å²) >= 11 is 1.00. The van der Waals surface area contributed by atoms with Gasteiger partial charge in [0.05, 0.1) is 17.9 Å². The number of para-hydroxylation sites is 1. The Balaban J connectivity index is 0.000000614. The van der Waals surface area contributed by atoms with Gasteiger partial charge < -0.3 is 9.47 Å². The predicted molar refractivity (Wildman–Crippen MR) is 112 cm³/mol. The van der Waals surface area contributed by atoms with Crippen LogP contribution in [0, 0.1) is 0 Å². The van der Waals surface area contributed by atoms with Gasteiger partial charge >= 0.3 is 10.4 Å². The Morgan fingerprint density at radius 1 is 1.10 bits per heavy atom. The standard InChI is InChI=1S/C19H17NO5S.H2O4S/c1-24-16-5-3-2-4-14(16)15(21)11-25-13-8-6-12(7-9-13)10-17-18(22)20-19(23)26-17;1-5(2,3)4/h2-9,17H,10-11H2,1H3,(H,20,22,23);(H2,1,2,3,4). The minimum Gasteiger partial charge on any atom is -0.496 e. The van der Waals surface area contributed by atoms with Crippen LogP contribution in [-0.2, 0) is 21.6 Å². The van der Waals surface area contributed by atoms with Gasteiger partial charge in [0.1, 0.15) is 11.5 Å². The van der Waals surface area contributed by atoms with E-state index in [-0.39, 0.29) is 23.5 Å². The van der Waals surface area contributed by atoms with Crippen molar-refractivity contribution in [2.75, 3.05) is 13.7 Å². The molecule has 31 heavy (non-hydrogen) atoms. The van der Waals surface area contributed by atoms with Gasteiger partial charge in [-0.15, -0.1) is 0 Å². The summed E-state index contributed by atoms with van der Waals surface area (Å²) in [6.07, 6.45) is 0.461. The van der Waals surface area contributed by atoms with Gasteiger partial charge in [0, 0.05) is 0 Å². The number of ketones is 1. The highest BCUT2D eigenvalue weighted by Crippen LogP contribution is 2.24. The third-order valence-corrected chi connectivity index (χ3v) is 4.87. The number of rotatable bonds is 7. The minimum absolute atomic E-state index is 0.102. The van der Waals surface area contributed by atoms with E-state index >= 15 is 0 Å². The molecule has 0 spiro atoms. The second kappa shape index (κ2) is 10.9. The minimum atomic E-state index is -4.67. The normalized spacial score (nSPS) is 15.5. The molecule has 3 N–H and O–H groups in total. The zero-order valence-electron chi connectivity index (χ0n) is 16.2. The monoisotopic (exact) mass is 469 g/mol. The Morgan fingerprint density at radius 2 is 1.71 bits per heavy atom. The molecule has 0 aromatic heterocycles. The first kappa shape index (κ1) is 24.3. The van der Waals surface area contributed by atoms with E-state index in [4.69, 9.17) is 27.0 Å². The van der Waals surface area contributed by atoms with Gasteiger partial charge in [-0.2, -0.15) is 8.42 Å². The van der Waals surface area contributed by atoms with Crippen LogP contribution in [0.3, 0.4) is 0 Å². The van der Waals surface area contributed by atoms with Crippen LogP contribution in [0.1, 0.15) is 15.9 Å². The van der Waals surface area contributed by atoms with Crippen molar-refractivity contribution >= 4 is 39.1 Å². The Morgan fingerprint density at radius 3 is 2.26 bits per heavy atom. The molecule has 1 unspecified atom stereocenters. The van der Waals surface area contributed by atoms with Crippen LogP contribution in [0.2, 0.25) is 0 Å². The molecule has 0 saturated carbocycles. The summed E-state index contributed by atoms with van der Waals surface area (Å²) in [4.78, 5) is 35.1. The van der Waals surface area contributed by atoms with E-state index in [1.54, 1.807) is 36.4 Å². The molecule has 1 atom stereocenters. The largest absolute Gasteiger partial charge is 0.496 e. The lowest BCUT2D eigenvalue weighted by Gasteiger charge is -2.10. The number of amides is 2. The average Bonchev–Trinajstić information content (AvgIpc) is 3.02. The molecule has 0 radical (unpaired) electrons. The van der Waals surface area contributed by atoms with Gasteiger partial charge in [-0.3, -0.25) is 28.8 Å². The molecule has 12 heteroatoms. The van der Waals surface area contributed by atoms with E-state index < -0.39 is 15.6 Å². The lowest BCUT2D eigenvalue weighted by molar-refractivity contribution is -0.118. The second-order valence-electron chi connectivity index (χ2n) is 6.09. The highest BCUT2D eigenvalue weighted by Gasteiger charge is 2.31. The smallest absolute Gasteiger partial charge is 0.394 e. The molecular weight excluding hydrogens is 450 g/mol. The molecule has 166 valence electrons. The molecule has 10 nitrogen and oxygen atoms in total. The van der Waals surface area contributed by atoms with E-state index in [2.05, 4.69) is 5.32 Å². The number of carbonyl (C=O) groups excluding carboxylic acids is 3. The van der Waals surface area contributed by atoms with Gasteiger partial charge in [-0.1, -0.05) is 36.0 Å². The Bertz CT molecular complexity index is 1040. The van der Waals surface area contributed by atoms with Crippen LogP contribution in [0.5, 0.6) is 11.5 Å². The first-order chi connectivity index (χ1) is 14.6. The number of methoxy groups -OCH3 is 1. The molecule has 1 heterocycles. The van der Waals surface area contributed by atoms with E-state index in [0.29, 0.717) is 23.5 Å². The molecule has 2 amide bonds. The van der Waals surface area contributed by atoms with Crippen molar-refractivity contribution in [3.8, 4) is 11.5 Å². The van der Waals surface area contributed by atoms with E-state index in [1.165, 1.54) is 7.11 Å². The Labute approximate surface area is 182 Å². The highest BCUT2D eigenvalue weighted by atomic mass is 32.3. The fourth-order valence-electron chi connectivity index (χ4n) is 2.57. The Kier molecular flexibility index (Phi) is 8.56. The fourth-order valence-corrected chi connectivity index (χ4v) is 3.42. The summed E-state index contributed by atoms with van der Waals surface area (Å²) in [5.41, 5.74) is 1.39. The topological polar surface area (TPSA) is 156 Å². The average molecular weight is 469 g/mol. The molecule has 2 aromatic rings.